The Balaban J connectivity index is 1.79. The van der Waals surface area contributed by atoms with Crippen LogP contribution in [0.25, 0.3) is 0 Å². The molecule has 0 spiro atoms. The van der Waals surface area contributed by atoms with E-state index in [4.69, 9.17) is 34.2 Å². The van der Waals surface area contributed by atoms with E-state index in [0.29, 0.717) is 11.1 Å². The molecule has 3 atom stereocenters. The van der Waals surface area contributed by atoms with Gasteiger partial charge in [0.15, 0.2) is 11.5 Å². The summed E-state index contributed by atoms with van der Waals surface area (Å²) in [6.07, 6.45) is -1.51. The van der Waals surface area contributed by atoms with Crippen LogP contribution in [0.5, 0.6) is 28.7 Å². The van der Waals surface area contributed by atoms with Crippen LogP contribution in [0, 0.1) is 36.0 Å². The van der Waals surface area contributed by atoms with Gasteiger partial charge in [0.1, 0.15) is 35.2 Å². The monoisotopic (exact) mass is 817 g/mol. The number of esters is 2. The minimum atomic E-state index is -2.48. The largest absolute Gasteiger partial charge is 0.496 e. The third-order valence-corrected chi connectivity index (χ3v) is 8.29. The van der Waals surface area contributed by atoms with E-state index >= 15 is 0 Å². The molecular formula is C40H40F5N3O10. The fourth-order valence-corrected chi connectivity index (χ4v) is 5.38. The second kappa shape index (κ2) is 18.7. The molecule has 310 valence electrons. The molecule has 0 heterocycles. The summed E-state index contributed by atoms with van der Waals surface area (Å²) >= 11 is 0. The van der Waals surface area contributed by atoms with E-state index in [0.717, 1.165) is 0 Å². The fourth-order valence-electron chi connectivity index (χ4n) is 5.38. The van der Waals surface area contributed by atoms with Crippen molar-refractivity contribution in [2.24, 2.45) is 5.73 Å². The first kappa shape index (κ1) is 44.3. The number of methoxy groups -OCH3 is 3. The standard InChI is InChI=1S/C40H40F5N3O10/c1-19-25(54-6)17-22(33(46)38(51)55-7)18-26(19)56-27-16-21(13-14-24(27)53-5)34(48-39(52)58-40(2,3)4)36(49)47-23(15-20-11-9-8-10-12-20)37(50)57-35-31(44)29(42)28(41)30(43)32(35)45/h8-14,16-18,23,33-34H,15,46H2,1-7H3,(H,47,49)(H,48,52)/t23-,33+,34-/m1/s1. The topological polar surface area (TPSA) is 174 Å². The van der Waals surface area contributed by atoms with Crippen molar-refractivity contribution in [2.75, 3.05) is 21.3 Å². The zero-order valence-electron chi connectivity index (χ0n) is 32.3. The Bertz CT molecular complexity index is 2150. The molecule has 0 aromatic heterocycles. The van der Waals surface area contributed by atoms with E-state index in [1.165, 1.54) is 63.8 Å². The number of carbonyl (C=O) groups excluding carboxylic acids is 4. The van der Waals surface area contributed by atoms with Crippen molar-refractivity contribution >= 4 is 23.9 Å². The molecule has 4 aromatic rings. The second-order valence-corrected chi connectivity index (χ2v) is 13.5. The van der Waals surface area contributed by atoms with Gasteiger partial charge < -0.3 is 44.8 Å². The Morgan fingerprint density at radius 2 is 1.28 bits per heavy atom. The fraction of sp³-hybridized carbons (Fsp3) is 0.300. The molecule has 0 saturated carbocycles. The van der Waals surface area contributed by atoms with Gasteiger partial charge in [-0.15, -0.1) is 0 Å². The number of hydrogen-bond donors (Lipinski definition) is 3. The third kappa shape index (κ3) is 10.5. The van der Waals surface area contributed by atoms with Gasteiger partial charge in [0.2, 0.25) is 40.7 Å². The minimum absolute atomic E-state index is 0.00205. The van der Waals surface area contributed by atoms with Crippen LogP contribution < -0.4 is 35.3 Å². The number of rotatable bonds is 14. The molecule has 2 amide bonds. The van der Waals surface area contributed by atoms with E-state index in [2.05, 4.69) is 10.6 Å². The lowest BCUT2D eigenvalue weighted by Gasteiger charge is -2.26. The van der Waals surface area contributed by atoms with Crippen molar-refractivity contribution in [1.29, 1.82) is 0 Å². The number of amides is 2. The molecule has 4 N–H and O–H groups in total. The summed E-state index contributed by atoms with van der Waals surface area (Å²) in [4.78, 5) is 53.1. The zero-order valence-corrected chi connectivity index (χ0v) is 32.3. The molecule has 18 heteroatoms. The van der Waals surface area contributed by atoms with Gasteiger partial charge in [0, 0.05) is 12.0 Å². The number of halogens is 5. The first-order valence-corrected chi connectivity index (χ1v) is 17.2. The summed E-state index contributed by atoms with van der Waals surface area (Å²) < 4.78 is 103. The zero-order chi connectivity index (χ0) is 43.1. The van der Waals surface area contributed by atoms with Crippen LogP contribution in [0.4, 0.5) is 26.7 Å². The molecule has 0 unspecified atom stereocenters. The summed E-state index contributed by atoms with van der Waals surface area (Å²) in [6.45, 7) is 6.33. The minimum Gasteiger partial charge on any atom is -0.496 e. The molecule has 0 aliphatic heterocycles. The first-order chi connectivity index (χ1) is 27.3. The van der Waals surface area contributed by atoms with E-state index in [-0.39, 0.29) is 34.1 Å². The predicted octanol–water partition coefficient (Wildman–Crippen LogP) is 6.57. The van der Waals surface area contributed by atoms with Crippen molar-refractivity contribution in [2.45, 2.75) is 57.8 Å². The van der Waals surface area contributed by atoms with Gasteiger partial charge in [-0.25, -0.2) is 22.8 Å². The van der Waals surface area contributed by atoms with Gasteiger partial charge in [-0.1, -0.05) is 36.4 Å². The van der Waals surface area contributed by atoms with Crippen molar-refractivity contribution < 1.29 is 69.6 Å². The van der Waals surface area contributed by atoms with Crippen LogP contribution in [-0.4, -0.2) is 56.9 Å². The Kier molecular flexibility index (Phi) is 14.3. The highest BCUT2D eigenvalue weighted by Gasteiger charge is 2.34. The lowest BCUT2D eigenvalue weighted by Crippen LogP contribution is -2.50. The van der Waals surface area contributed by atoms with Crippen molar-refractivity contribution in [3.63, 3.8) is 0 Å². The molecule has 0 aliphatic rings. The first-order valence-electron chi connectivity index (χ1n) is 17.2. The molecule has 0 saturated heterocycles. The highest BCUT2D eigenvalue weighted by molar-refractivity contribution is 5.91. The van der Waals surface area contributed by atoms with E-state index in [1.807, 2.05) is 0 Å². The van der Waals surface area contributed by atoms with E-state index in [1.54, 1.807) is 45.9 Å². The molecule has 4 rings (SSSR count). The summed E-state index contributed by atoms with van der Waals surface area (Å²) in [5.74, 6) is -16.9. The molecule has 13 nitrogen and oxygen atoms in total. The molecular weight excluding hydrogens is 777 g/mol. The molecule has 0 fully saturated rings. The number of carbonyl (C=O) groups is 4. The molecule has 0 aliphatic carbocycles. The summed E-state index contributed by atoms with van der Waals surface area (Å²) in [6, 6.07) is 10.1. The van der Waals surface area contributed by atoms with Gasteiger partial charge in [0.25, 0.3) is 0 Å². The Morgan fingerprint density at radius 3 is 1.84 bits per heavy atom. The average molecular weight is 818 g/mol. The van der Waals surface area contributed by atoms with Crippen LogP contribution in [0.15, 0.2) is 60.7 Å². The maximum absolute atomic E-state index is 14.6. The van der Waals surface area contributed by atoms with Gasteiger partial charge in [-0.3, -0.25) is 9.59 Å². The van der Waals surface area contributed by atoms with Crippen molar-refractivity contribution in [1.82, 2.24) is 10.6 Å². The third-order valence-electron chi connectivity index (χ3n) is 8.29. The number of ether oxygens (including phenoxy) is 6. The van der Waals surface area contributed by atoms with Gasteiger partial charge >= 0.3 is 18.0 Å². The number of alkyl carbamates (subject to hydrolysis) is 1. The smallest absolute Gasteiger partial charge is 0.408 e. The van der Waals surface area contributed by atoms with Crippen LogP contribution in [0.2, 0.25) is 0 Å². The summed E-state index contributed by atoms with van der Waals surface area (Å²) in [5, 5.41) is 4.77. The van der Waals surface area contributed by atoms with Crippen LogP contribution >= 0.6 is 0 Å². The number of benzene rings is 4. The maximum atomic E-state index is 14.6. The molecule has 58 heavy (non-hydrogen) atoms. The lowest BCUT2D eigenvalue weighted by atomic mass is 10.0. The SMILES string of the molecule is COC(=O)[C@@H](N)c1cc(OC)c(C)c(Oc2cc([C@@H](NC(=O)OC(C)(C)C)C(=O)N[C@H](Cc3ccccc3)C(=O)Oc3c(F)c(F)c(F)c(F)c3F)ccc2OC)c1. The summed E-state index contributed by atoms with van der Waals surface area (Å²) in [7, 11) is 3.88. The van der Waals surface area contributed by atoms with Gasteiger partial charge in [0.05, 0.1) is 21.3 Å². The lowest BCUT2D eigenvalue weighted by molar-refractivity contribution is -0.142. The van der Waals surface area contributed by atoms with E-state index < -0.39 is 88.9 Å². The normalized spacial score (nSPS) is 12.7. The predicted molar refractivity (Wildman–Crippen MR) is 196 cm³/mol. The van der Waals surface area contributed by atoms with Crippen molar-refractivity contribution in [3.05, 3.63) is 112 Å². The number of hydrogen-bond acceptors (Lipinski definition) is 11. The van der Waals surface area contributed by atoms with Crippen LogP contribution in [0.1, 0.15) is 55.1 Å². The Morgan fingerprint density at radius 1 is 0.707 bits per heavy atom. The van der Waals surface area contributed by atoms with Gasteiger partial charge in [-0.2, -0.15) is 8.78 Å². The number of nitrogens with two attached hydrogens (primary N) is 1. The quantitative estimate of drug-likeness (QED) is 0.0413. The van der Waals surface area contributed by atoms with Crippen LogP contribution in [-0.2, 0) is 30.3 Å². The second-order valence-electron chi connectivity index (χ2n) is 13.5. The molecule has 4 aromatic carbocycles. The highest BCUT2D eigenvalue weighted by atomic mass is 19.2. The molecule has 0 bridgehead atoms. The average Bonchev–Trinajstić information content (AvgIpc) is 3.19. The Hall–Kier alpha value is -6.43. The molecule has 0 radical (unpaired) electrons. The Labute approximate surface area is 329 Å². The van der Waals surface area contributed by atoms with Crippen LogP contribution in [0.3, 0.4) is 0 Å². The maximum Gasteiger partial charge on any atom is 0.408 e. The van der Waals surface area contributed by atoms with Gasteiger partial charge in [-0.05, 0) is 68.7 Å². The number of nitrogens with one attached hydrogen (secondary N) is 2. The van der Waals surface area contributed by atoms with Crippen molar-refractivity contribution in [3.8, 4) is 28.7 Å². The summed E-state index contributed by atoms with van der Waals surface area (Å²) in [5.41, 5.74) is 6.11. The highest BCUT2D eigenvalue weighted by Crippen LogP contribution is 2.39. The van der Waals surface area contributed by atoms with E-state index in [9.17, 15) is 41.1 Å².